The molecule has 0 heterocycles. The highest BCUT2D eigenvalue weighted by Gasteiger charge is 2.11. The topological polar surface area (TPSA) is 49.3 Å². The van der Waals surface area contributed by atoms with Gasteiger partial charge in [0.1, 0.15) is 0 Å². The lowest BCUT2D eigenvalue weighted by atomic mass is 9.91. The molecule has 2 rings (SSSR count). The Morgan fingerprint density at radius 2 is 2.06 bits per heavy atom. The third-order valence-corrected chi connectivity index (χ3v) is 3.68. The number of carboxylic acids is 1. The number of carbonyl (C=O) groups is 1. The van der Waals surface area contributed by atoms with E-state index < -0.39 is 5.97 Å². The summed E-state index contributed by atoms with van der Waals surface area (Å²) in [5.74, 6) is -1.00. The van der Waals surface area contributed by atoms with E-state index in [-0.39, 0.29) is 5.92 Å². The molecule has 1 unspecified atom stereocenters. The van der Waals surface area contributed by atoms with Gasteiger partial charge in [-0.25, -0.2) is 0 Å². The minimum absolute atomic E-state index is 0.282. The SMILES string of the molecule is CC(CCNc1ccc2c(c1)CCCC2)C(=O)O. The summed E-state index contributed by atoms with van der Waals surface area (Å²) in [4.78, 5) is 10.7. The Bertz CT molecular complexity index is 429. The van der Waals surface area contributed by atoms with E-state index in [0.29, 0.717) is 13.0 Å². The second-order valence-electron chi connectivity index (χ2n) is 5.15. The number of aliphatic carboxylic acids is 1. The highest BCUT2D eigenvalue weighted by atomic mass is 16.4. The van der Waals surface area contributed by atoms with Gasteiger partial charge in [0.05, 0.1) is 5.92 Å². The molecular weight excluding hydrogens is 226 g/mol. The van der Waals surface area contributed by atoms with Crippen LogP contribution in [0.4, 0.5) is 5.69 Å². The number of hydrogen-bond donors (Lipinski definition) is 2. The molecular formula is C15H21NO2. The summed E-state index contributed by atoms with van der Waals surface area (Å²) in [6, 6.07) is 6.53. The molecule has 0 aliphatic heterocycles. The summed E-state index contributed by atoms with van der Waals surface area (Å²) in [6.07, 6.45) is 5.62. The fourth-order valence-electron chi connectivity index (χ4n) is 2.40. The molecule has 0 aromatic heterocycles. The summed E-state index contributed by atoms with van der Waals surface area (Å²) >= 11 is 0. The van der Waals surface area contributed by atoms with Crippen LogP contribution < -0.4 is 5.32 Å². The van der Waals surface area contributed by atoms with Gasteiger partial charge < -0.3 is 10.4 Å². The third-order valence-electron chi connectivity index (χ3n) is 3.68. The Balaban J connectivity index is 1.88. The predicted octanol–water partition coefficient (Wildman–Crippen LogP) is 3.09. The summed E-state index contributed by atoms with van der Waals surface area (Å²) < 4.78 is 0. The fraction of sp³-hybridized carbons (Fsp3) is 0.533. The molecule has 2 N–H and O–H groups in total. The van der Waals surface area contributed by atoms with Crippen LogP contribution >= 0.6 is 0 Å². The van der Waals surface area contributed by atoms with E-state index in [1.807, 2.05) is 0 Å². The second-order valence-corrected chi connectivity index (χ2v) is 5.15. The van der Waals surface area contributed by atoms with Gasteiger partial charge in [-0.15, -0.1) is 0 Å². The highest BCUT2D eigenvalue weighted by molar-refractivity contribution is 5.69. The van der Waals surface area contributed by atoms with E-state index in [1.54, 1.807) is 6.92 Å². The van der Waals surface area contributed by atoms with Crippen molar-refractivity contribution >= 4 is 11.7 Å². The average molecular weight is 247 g/mol. The van der Waals surface area contributed by atoms with Crippen molar-refractivity contribution in [3.05, 3.63) is 29.3 Å². The molecule has 0 radical (unpaired) electrons. The minimum Gasteiger partial charge on any atom is -0.481 e. The van der Waals surface area contributed by atoms with E-state index in [2.05, 4.69) is 23.5 Å². The van der Waals surface area contributed by atoms with Crippen molar-refractivity contribution in [1.82, 2.24) is 0 Å². The lowest BCUT2D eigenvalue weighted by molar-refractivity contribution is -0.141. The normalized spacial score (nSPS) is 15.8. The van der Waals surface area contributed by atoms with E-state index in [9.17, 15) is 4.79 Å². The maximum absolute atomic E-state index is 10.7. The maximum atomic E-state index is 10.7. The number of aryl methyl sites for hydroxylation is 2. The van der Waals surface area contributed by atoms with Gasteiger partial charge in [0.25, 0.3) is 0 Å². The van der Waals surface area contributed by atoms with Crippen molar-refractivity contribution in [2.75, 3.05) is 11.9 Å². The average Bonchev–Trinajstić information content (AvgIpc) is 2.38. The molecule has 18 heavy (non-hydrogen) atoms. The number of benzene rings is 1. The third kappa shape index (κ3) is 3.25. The summed E-state index contributed by atoms with van der Waals surface area (Å²) in [7, 11) is 0. The molecule has 0 spiro atoms. The molecule has 1 aliphatic carbocycles. The van der Waals surface area contributed by atoms with E-state index >= 15 is 0 Å². The molecule has 0 bridgehead atoms. The number of nitrogens with one attached hydrogen (secondary N) is 1. The Morgan fingerprint density at radius 1 is 1.33 bits per heavy atom. The van der Waals surface area contributed by atoms with Crippen LogP contribution in [0.15, 0.2) is 18.2 Å². The number of anilines is 1. The molecule has 1 aromatic carbocycles. The molecule has 0 saturated carbocycles. The molecule has 1 aliphatic rings. The van der Waals surface area contributed by atoms with Gasteiger partial charge in [0.15, 0.2) is 0 Å². The van der Waals surface area contributed by atoms with Crippen molar-refractivity contribution < 1.29 is 9.90 Å². The first-order valence-electron chi connectivity index (χ1n) is 6.75. The van der Waals surface area contributed by atoms with Crippen LogP contribution in [-0.2, 0) is 17.6 Å². The zero-order valence-electron chi connectivity index (χ0n) is 10.9. The summed E-state index contributed by atoms with van der Waals surface area (Å²) in [5.41, 5.74) is 4.05. The van der Waals surface area contributed by atoms with Gasteiger partial charge in [-0.05, 0) is 55.4 Å². The van der Waals surface area contributed by atoms with Gasteiger partial charge in [-0.1, -0.05) is 13.0 Å². The van der Waals surface area contributed by atoms with Gasteiger partial charge in [-0.3, -0.25) is 4.79 Å². The van der Waals surface area contributed by atoms with Crippen molar-refractivity contribution in [3.8, 4) is 0 Å². The maximum Gasteiger partial charge on any atom is 0.306 e. The van der Waals surface area contributed by atoms with Crippen LogP contribution in [0.5, 0.6) is 0 Å². The fourth-order valence-corrected chi connectivity index (χ4v) is 2.40. The lowest BCUT2D eigenvalue weighted by Crippen LogP contribution is -2.14. The molecule has 1 aromatic rings. The van der Waals surface area contributed by atoms with Crippen molar-refractivity contribution in [2.45, 2.75) is 39.0 Å². The van der Waals surface area contributed by atoms with Gasteiger partial charge in [0, 0.05) is 12.2 Å². The molecule has 3 heteroatoms. The Kier molecular flexibility index (Phi) is 4.24. The lowest BCUT2D eigenvalue weighted by Gasteiger charge is -2.17. The van der Waals surface area contributed by atoms with E-state index in [4.69, 9.17) is 5.11 Å². The number of carboxylic acid groups (broad SMARTS) is 1. The zero-order chi connectivity index (χ0) is 13.0. The van der Waals surface area contributed by atoms with E-state index in [1.165, 1.54) is 36.8 Å². The highest BCUT2D eigenvalue weighted by Crippen LogP contribution is 2.24. The quantitative estimate of drug-likeness (QED) is 0.840. The monoisotopic (exact) mass is 247 g/mol. The van der Waals surface area contributed by atoms with Crippen LogP contribution in [0, 0.1) is 5.92 Å². The molecule has 3 nitrogen and oxygen atoms in total. The molecule has 98 valence electrons. The Labute approximate surface area is 108 Å². The van der Waals surface area contributed by atoms with Gasteiger partial charge in [-0.2, -0.15) is 0 Å². The minimum atomic E-state index is -0.720. The number of fused-ring (bicyclic) bond motifs is 1. The first-order chi connectivity index (χ1) is 8.66. The number of rotatable bonds is 5. The zero-order valence-corrected chi connectivity index (χ0v) is 10.9. The standard InChI is InChI=1S/C15H21NO2/c1-11(15(17)18)8-9-16-14-7-6-12-4-2-3-5-13(12)10-14/h6-7,10-11,16H,2-5,8-9H2,1H3,(H,17,18). The number of hydrogen-bond acceptors (Lipinski definition) is 2. The van der Waals surface area contributed by atoms with E-state index in [0.717, 1.165) is 5.69 Å². The van der Waals surface area contributed by atoms with Crippen LogP contribution in [0.1, 0.15) is 37.3 Å². The van der Waals surface area contributed by atoms with Crippen molar-refractivity contribution in [1.29, 1.82) is 0 Å². The van der Waals surface area contributed by atoms with Gasteiger partial charge >= 0.3 is 5.97 Å². The molecule has 0 amide bonds. The summed E-state index contributed by atoms with van der Waals surface area (Å²) in [6.45, 7) is 2.46. The molecule has 0 saturated heterocycles. The van der Waals surface area contributed by atoms with Crippen molar-refractivity contribution in [3.63, 3.8) is 0 Å². The Morgan fingerprint density at radius 3 is 2.78 bits per heavy atom. The first kappa shape index (κ1) is 12.9. The molecule has 1 atom stereocenters. The summed E-state index contributed by atoms with van der Waals surface area (Å²) in [5, 5.41) is 12.1. The largest absolute Gasteiger partial charge is 0.481 e. The van der Waals surface area contributed by atoms with Crippen LogP contribution in [0.3, 0.4) is 0 Å². The molecule has 0 fully saturated rings. The van der Waals surface area contributed by atoms with Crippen molar-refractivity contribution in [2.24, 2.45) is 5.92 Å². The van der Waals surface area contributed by atoms with Crippen LogP contribution in [-0.4, -0.2) is 17.6 Å². The van der Waals surface area contributed by atoms with Gasteiger partial charge in [0.2, 0.25) is 0 Å². The van der Waals surface area contributed by atoms with Crippen LogP contribution in [0.25, 0.3) is 0 Å². The first-order valence-corrected chi connectivity index (χ1v) is 6.75. The second kappa shape index (κ2) is 5.89. The Hall–Kier alpha value is -1.51. The van der Waals surface area contributed by atoms with Crippen LogP contribution in [0.2, 0.25) is 0 Å². The smallest absolute Gasteiger partial charge is 0.306 e. The predicted molar refractivity (Wildman–Crippen MR) is 73.0 cm³/mol.